The molecule has 1 N–H and O–H groups in total. The van der Waals surface area contributed by atoms with Crippen LogP contribution < -0.4 is 5.32 Å². The highest BCUT2D eigenvalue weighted by Crippen LogP contribution is 2.13. The highest BCUT2D eigenvalue weighted by atomic mass is 14.9. The molecule has 2 atom stereocenters. The van der Waals surface area contributed by atoms with Gasteiger partial charge in [-0.05, 0) is 13.0 Å². The maximum Gasteiger partial charge on any atom is 0.0351 e. The Balaban J connectivity index is 0.000000673. The molecule has 92 valence electrons. The SMILES string of the molecule is C=CC1C=CC=CC1NCCCC.CCC. The second kappa shape index (κ2) is 10.7. The highest BCUT2D eigenvalue weighted by Gasteiger charge is 2.13. The van der Waals surface area contributed by atoms with Crippen LogP contribution in [0.3, 0.4) is 0 Å². The molecule has 0 heterocycles. The summed E-state index contributed by atoms with van der Waals surface area (Å²) in [4.78, 5) is 0. The molecule has 1 heteroatoms. The molecule has 1 aliphatic rings. The molecule has 1 aliphatic carbocycles. The standard InChI is InChI=1S/C12H19N.C3H8/c1-3-5-10-13-12-9-7-6-8-11(12)4-2;1-3-2/h4,6-9,11-13H,2-3,5,10H2,1H3;3H2,1-2H3. The molecule has 0 radical (unpaired) electrons. The van der Waals surface area contributed by atoms with Crippen LogP contribution in [0.4, 0.5) is 0 Å². The normalized spacial score (nSPS) is 22.4. The molecular formula is C15H27N. The van der Waals surface area contributed by atoms with Gasteiger partial charge in [0.1, 0.15) is 0 Å². The third-order valence-corrected chi connectivity index (χ3v) is 2.36. The minimum Gasteiger partial charge on any atom is -0.310 e. The zero-order chi connectivity index (χ0) is 12.2. The molecule has 0 saturated heterocycles. The first kappa shape index (κ1) is 15.2. The fourth-order valence-corrected chi connectivity index (χ4v) is 1.50. The van der Waals surface area contributed by atoms with Crippen molar-refractivity contribution in [3.8, 4) is 0 Å². The van der Waals surface area contributed by atoms with Crippen LogP contribution in [0, 0.1) is 5.92 Å². The van der Waals surface area contributed by atoms with Crippen molar-refractivity contribution in [3.05, 3.63) is 37.0 Å². The van der Waals surface area contributed by atoms with Gasteiger partial charge in [-0.3, -0.25) is 0 Å². The average molecular weight is 221 g/mol. The van der Waals surface area contributed by atoms with E-state index in [1.807, 2.05) is 6.08 Å². The molecular weight excluding hydrogens is 194 g/mol. The number of allylic oxidation sites excluding steroid dienone is 2. The summed E-state index contributed by atoms with van der Waals surface area (Å²) in [6, 6.07) is 0.453. The van der Waals surface area contributed by atoms with E-state index in [-0.39, 0.29) is 0 Å². The van der Waals surface area contributed by atoms with E-state index in [2.05, 4.69) is 57.0 Å². The van der Waals surface area contributed by atoms with Crippen LogP contribution in [-0.2, 0) is 0 Å². The minimum atomic E-state index is 0.453. The van der Waals surface area contributed by atoms with Crippen molar-refractivity contribution in [2.75, 3.05) is 6.54 Å². The molecule has 0 aromatic rings. The van der Waals surface area contributed by atoms with Gasteiger partial charge in [-0.1, -0.05) is 64.0 Å². The maximum atomic E-state index is 3.84. The number of rotatable bonds is 5. The summed E-state index contributed by atoms with van der Waals surface area (Å²) >= 11 is 0. The first-order chi connectivity index (χ1) is 7.79. The Hall–Kier alpha value is -0.820. The summed E-state index contributed by atoms with van der Waals surface area (Å²) in [7, 11) is 0. The monoisotopic (exact) mass is 221 g/mol. The van der Waals surface area contributed by atoms with E-state index < -0.39 is 0 Å². The zero-order valence-electron chi connectivity index (χ0n) is 11.1. The minimum absolute atomic E-state index is 0.453. The van der Waals surface area contributed by atoms with Gasteiger partial charge >= 0.3 is 0 Å². The van der Waals surface area contributed by atoms with E-state index in [0.29, 0.717) is 12.0 Å². The number of unbranched alkanes of at least 4 members (excludes halogenated alkanes) is 1. The van der Waals surface area contributed by atoms with Crippen molar-refractivity contribution >= 4 is 0 Å². The third kappa shape index (κ3) is 6.62. The summed E-state index contributed by atoms with van der Waals surface area (Å²) in [5.41, 5.74) is 0. The Morgan fingerprint density at radius 1 is 1.19 bits per heavy atom. The van der Waals surface area contributed by atoms with Gasteiger partial charge in [-0.2, -0.15) is 0 Å². The van der Waals surface area contributed by atoms with E-state index in [4.69, 9.17) is 0 Å². The Morgan fingerprint density at radius 2 is 1.81 bits per heavy atom. The van der Waals surface area contributed by atoms with E-state index >= 15 is 0 Å². The summed E-state index contributed by atoms with van der Waals surface area (Å²) in [5.74, 6) is 0.460. The van der Waals surface area contributed by atoms with Crippen LogP contribution in [0.15, 0.2) is 37.0 Å². The van der Waals surface area contributed by atoms with E-state index in [1.54, 1.807) is 0 Å². The van der Waals surface area contributed by atoms with Crippen molar-refractivity contribution < 1.29 is 0 Å². The molecule has 0 amide bonds. The number of hydrogen-bond donors (Lipinski definition) is 1. The highest BCUT2D eigenvalue weighted by molar-refractivity contribution is 5.20. The molecule has 0 saturated carbocycles. The van der Waals surface area contributed by atoms with Crippen LogP contribution in [0.5, 0.6) is 0 Å². The molecule has 0 fully saturated rings. The van der Waals surface area contributed by atoms with Gasteiger partial charge < -0.3 is 5.32 Å². The molecule has 1 nitrogen and oxygen atoms in total. The lowest BCUT2D eigenvalue weighted by Crippen LogP contribution is -2.34. The van der Waals surface area contributed by atoms with Gasteiger partial charge in [0.05, 0.1) is 0 Å². The number of hydrogen-bond acceptors (Lipinski definition) is 1. The molecule has 0 bridgehead atoms. The summed E-state index contributed by atoms with van der Waals surface area (Å²) in [5, 5.41) is 3.51. The van der Waals surface area contributed by atoms with Gasteiger partial charge in [0.25, 0.3) is 0 Å². The van der Waals surface area contributed by atoms with Gasteiger partial charge in [0.2, 0.25) is 0 Å². The smallest absolute Gasteiger partial charge is 0.0351 e. The van der Waals surface area contributed by atoms with E-state index in [0.717, 1.165) is 6.54 Å². The lowest BCUT2D eigenvalue weighted by Gasteiger charge is -2.22. The fraction of sp³-hybridized carbons (Fsp3) is 0.600. The van der Waals surface area contributed by atoms with Gasteiger partial charge in [0, 0.05) is 12.0 Å². The third-order valence-electron chi connectivity index (χ3n) is 2.36. The van der Waals surface area contributed by atoms with Crippen molar-refractivity contribution in [3.63, 3.8) is 0 Å². The average Bonchev–Trinajstić information content (AvgIpc) is 2.31. The maximum absolute atomic E-state index is 3.84. The zero-order valence-corrected chi connectivity index (χ0v) is 11.1. The van der Waals surface area contributed by atoms with Crippen molar-refractivity contribution in [1.29, 1.82) is 0 Å². The largest absolute Gasteiger partial charge is 0.310 e. The van der Waals surface area contributed by atoms with Gasteiger partial charge in [-0.25, -0.2) is 0 Å². The Bertz CT molecular complexity index is 215. The van der Waals surface area contributed by atoms with E-state index in [1.165, 1.54) is 19.3 Å². The van der Waals surface area contributed by atoms with Crippen LogP contribution in [-0.4, -0.2) is 12.6 Å². The molecule has 0 aromatic heterocycles. The first-order valence-corrected chi connectivity index (χ1v) is 6.51. The summed E-state index contributed by atoms with van der Waals surface area (Å²) < 4.78 is 0. The van der Waals surface area contributed by atoms with E-state index in [9.17, 15) is 0 Å². The second-order valence-corrected chi connectivity index (χ2v) is 4.12. The second-order valence-electron chi connectivity index (χ2n) is 4.12. The molecule has 0 spiro atoms. The van der Waals surface area contributed by atoms with Crippen LogP contribution in [0.1, 0.15) is 40.0 Å². The van der Waals surface area contributed by atoms with Crippen LogP contribution >= 0.6 is 0 Å². The van der Waals surface area contributed by atoms with Crippen molar-refractivity contribution in [2.24, 2.45) is 5.92 Å². The van der Waals surface area contributed by atoms with Crippen molar-refractivity contribution in [1.82, 2.24) is 5.32 Å². The molecule has 1 rings (SSSR count). The topological polar surface area (TPSA) is 12.0 Å². The first-order valence-electron chi connectivity index (χ1n) is 6.51. The lowest BCUT2D eigenvalue weighted by molar-refractivity contribution is 0.516. The van der Waals surface area contributed by atoms with Gasteiger partial charge in [0.15, 0.2) is 0 Å². The van der Waals surface area contributed by atoms with Crippen LogP contribution in [0.2, 0.25) is 0 Å². The predicted octanol–water partition coefficient (Wildman–Crippen LogP) is 4.09. The Morgan fingerprint density at radius 3 is 2.38 bits per heavy atom. The molecule has 0 aromatic carbocycles. The molecule has 2 unspecified atom stereocenters. The summed E-state index contributed by atoms with van der Waals surface area (Å²) in [6.45, 7) is 11.4. The van der Waals surface area contributed by atoms with Crippen LogP contribution in [0.25, 0.3) is 0 Å². The van der Waals surface area contributed by atoms with Gasteiger partial charge in [-0.15, -0.1) is 6.58 Å². The quantitative estimate of drug-likeness (QED) is 0.544. The predicted molar refractivity (Wildman–Crippen MR) is 74.6 cm³/mol. The Kier molecular flexibility index (Phi) is 10.1. The summed E-state index contributed by atoms with van der Waals surface area (Å²) in [6.07, 6.45) is 14.3. The molecule has 0 aliphatic heterocycles. The number of nitrogens with one attached hydrogen (secondary N) is 1. The van der Waals surface area contributed by atoms with Crippen molar-refractivity contribution in [2.45, 2.75) is 46.1 Å². The lowest BCUT2D eigenvalue weighted by atomic mass is 9.95. The molecule has 16 heavy (non-hydrogen) atoms. The fourth-order valence-electron chi connectivity index (χ4n) is 1.50. The Labute approximate surface area is 101 Å².